The van der Waals surface area contributed by atoms with Gasteiger partial charge in [-0.05, 0) is 12.1 Å². The van der Waals surface area contributed by atoms with Gasteiger partial charge in [-0.1, -0.05) is 6.07 Å². The molecule has 0 radical (unpaired) electrons. The number of fused-ring (bicyclic) bond motifs is 1. The molecule has 1 aliphatic heterocycles. The van der Waals surface area contributed by atoms with Gasteiger partial charge in [-0.3, -0.25) is 0 Å². The molecule has 82 valence electrons. The average molecular weight is 218 g/mol. The summed E-state index contributed by atoms with van der Waals surface area (Å²) in [6, 6.07) is 5.49. The highest BCUT2D eigenvalue weighted by atomic mass is 16.6. The predicted molar refractivity (Wildman–Crippen MR) is 57.0 cm³/mol. The molecule has 1 aromatic heterocycles. The Hall–Kier alpha value is -1.95. The maximum absolute atomic E-state index is 5.59. The number of nitrogens with two attached hydrogens (primary N) is 1. The third kappa shape index (κ3) is 1.74. The van der Waals surface area contributed by atoms with Crippen LogP contribution in [0.3, 0.4) is 0 Å². The van der Waals surface area contributed by atoms with Gasteiger partial charge < -0.3 is 15.2 Å². The summed E-state index contributed by atoms with van der Waals surface area (Å²) in [7, 11) is 0. The van der Waals surface area contributed by atoms with E-state index in [1.807, 2.05) is 18.2 Å². The van der Waals surface area contributed by atoms with Gasteiger partial charge in [-0.15, -0.1) is 10.2 Å². The first-order valence-corrected chi connectivity index (χ1v) is 4.96. The summed E-state index contributed by atoms with van der Waals surface area (Å²) in [5, 5.41) is 7.63. The van der Waals surface area contributed by atoms with Gasteiger partial charge in [-0.2, -0.15) is 0 Å². The van der Waals surface area contributed by atoms with Crippen LogP contribution in [0.2, 0.25) is 0 Å². The monoisotopic (exact) mass is 218 g/mol. The van der Waals surface area contributed by atoms with Crippen molar-refractivity contribution in [3.05, 3.63) is 18.2 Å². The molecular formula is C10H10N4O2. The van der Waals surface area contributed by atoms with Crippen molar-refractivity contribution < 1.29 is 9.47 Å². The SMILES string of the molecule is Nc1nnc2cccc(OCC3CO3)c2n1. The van der Waals surface area contributed by atoms with Crippen LogP contribution in [-0.4, -0.2) is 34.5 Å². The second-order valence-electron chi connectivity index (χ2n) is 3.56. The molecule has 1 aliphatic rings. The molecule has 0 saturated carbocycles. The fourth-order valence-corrected chi connectivity index (χ4v) is 1.41. The van der Waals surface area contributed by atoms with Crippen molar-refractivity contribution in [2.24, 2.45) is 0 Å². The Balaban J connectivity index is 1.97. The van der Waals surface area contributed by atoms with E-state index in [4.69, 9.17) is 15.2 Å². The number of para-hydroxylation sites is 1. The molecule has 0 aliphatic carbocycles. The minimum absolute atomic E-state index is 0.145. The summed E-state index contributed by atoms with van der Waals surface area (Å²) >= 11 is 0. The highest BCUT2D eigenvalue weighted by Crippen LogP contribution is 2.23. The lowest BCUT2D eigenvalue weighted by atomic mass is 10.3. The lowest BCUT2D eigenvalue weighted by Crippen LogP contribution is -2.06. The molecule has 2 heterocycles. The van der Waals surface area contributed by atoms with Crippen LogP contribution in [0.15, 0.2) is 18.2 Å². The predicted octanol–water partition coefficient (Wildman–Crippen LogP) is 0.385. The lowest BCUT2D eigenvalue weighted by Gasteiger charge is -2.06. The van der Waals surface area contributed by atoms with Crippen molar-refractivity contribution in [2.75, 3.05) is 18.9 Å². The molecule has 0 bridgehead atoms. The van der Waals surface area contributed by atoms with E-state index in [1.54, 1.807) is 0 Å². The van der Waals surface area contributed by atoms with Crippen LogP contribution in [0.25, 0.3) is 11.0 Å². The third-order valence-electron chi connectivity index (χ3n) is 2.29. The van der Waals surface area contributed by atoms with Gasteiger partial charge in [0, 0.05) is 0 Å². The number of hydrogen-bond donors (Lipinski definition) is 1. The van der Waals surface area contributed by atoms with E-state index in [0.29, 0.717) is 23.4 Å². The average Bonchev–Trinajstić information content (AvgIpc) is 3.10. The zero-order valence-electron chi connectivity index (χ0n) is 8.46. The quantitative estimate of drug-likeness (QED) is 0.749. The number of epoxide rings is 1. The smallest absolute Gasteiger partial charge is 0.240 e. The molecule has 2 N–H and O–H groups in total. The summed E-state index contributed by atoms with van der Waals surface area (Å²) in [5.41, 5.74) is 6.80. The number of nitrogen functional groups attached to an aromatic ring is 1. The van der Waals surface area contributed by atoms with Gasteiger partial charge in [0.25, 0.3) is 0 Å². The van der Waals surface area contributed by atoms with E-state index in [1.165, 1.54) is 0 Å². The molecule has 1 saturated heterocycles. The number of hydrogen-bond acceptors (Lipinski definition) is 6. The highest BCUT2D eigenvalue weighted by Gasteiger charge is 2.23. The normalized spacial score (nSPS) is 18.6. The van der Waals surface area contributed by atoms with E-state index in [2.05, 4.69) is 15.2 Å². The summed E-state index contributed by atoms with van der Waals surface area (Å²) in [6.07, 6.45) is 0.211. The third-order valence-corrected chi connectivity index (χ3v) is 2.29. The Morgan fingerprint density at radius 1 is 1.44 bits per heavy atom. The molecule has 1 atom stereocenters. The molecule has 0 amide bonds. The van der Waals surface area contributed by atoms with E-state index >= 15 is 0 Å². The Kier molecular flexibility index (Phi) is 2.07. The Labute approximate surface area is 91.4 Å². The number of aromatic nitrogens is 3. The standard InChI is InChI=1S/C10H10N4O2/c11-10-12-9-7(13-14-10)2-1-3-8(9)16-5-6-4-15-6/h1-3,6H,4-5H2,(H2,11,12,14). The Morgan fingerprint density at radius 3 is 3.12 bits per heavy atom. The van der Waals surface area contributed by atoms with E-state index in [0.717, 1.165) is 6.61 Å². The first-order valence-electron chi connectivity index (χ1n) is 4.96. The van der Waals surface area contributed by atoms with Crippen LogP contribution in [-0.2, 0) is 4.74 Å². The summed E-state index contributed by atoms with van der Waals surface area (Å²) in [4.78, 5) is 4.11. The van der Waals surface area contributed by atoms with E-state index in [9.17, 15) is 0 Å². The summed E-state index contributed by atoms with van der Waals surface area (Å²) < 4.78 is 10.7. The number of benzene rings is 1. The molecule has 0 spiro atoms. The summed E-state index contributed by atoms with van der Waals surface area (Å²) in [5.74, 6) is 0.806. The Morgan fingerprint density at radius 2 is 2.31 bits per heavy atom. The molecule has 2 aromatic rings. The topological polar surface area (TPSA) is 86.5 Å². The Bertz CT molecular complexity index is 527. The number of rotatable bonds is 3. The fraction of sp³-hybridized carbons (Fsp3) is 0.300. The number of nitrogens with zero attached hydrogens (tertiary/aromatic N) is 3. The molecule has 6 heteroatoms. The van der Waals surface area contributed by atoms with Crippen molar-refractivity contribution in [1.29, 1.82) is 0 Å². The van der Waals surface area contributed by atoms with Crippen molar-refractivity contribution in [3.8, 4) is 5.75 Å². The maximum Gasteiger partial charge on any atom is 0.240 e. The molecule has 1 fully saturated rings. The van der Waals surface area contributed by atoms with Crippen LogP contribution in [0.4, 0.5) is 5.95 Å². The molecular weight excluding hydrogens is 208 g/mol. The number of ether oxygens (including phenoxy) is 2. The first kappa shape index (κ1) is 9.29. The molecule has 16 heavy (non-hydrogen) atoms. The molecule has 1 unspecified atom stereocenters. The lowest BCUT2D eigenvalue weighted by molar-refractivity contribution is 0.265. The fourth-order valence-electron chi connectivity index (χ4n) is 1.41. The molecule has 6 nitrogen and oxygen atoms in total. The van der Waals surface area contributed by atoms with Crippen LogP contribution in [0.5, 0.6) is 5.75 Å². The zero-order valence-corrected chi connectivity index (χ0v) is 8.46. The largest absolute Gasteiger partial charge is 0.488 e. The first-order chi connectivity index (χ1) is 7.83. The van der Waals surface area contributed by atoms with Crippen LogP contribution in [0, 0.1) is 0 Å². The van der Waals surface area contributed by atoms with Gasteiger partial charge >= 0.3 is 0 Å². The van der Waals surface area contributed by atoms with E-state index in [-0.39, 0.29) is 12.1 Å². The molecule has 1 aromatic carbocycles. The van der Waals surface area contributed by atoms with Gasteiger partial charge in [0.15, 0.2) is 0 Å². The minimum Gasteiger partial charge on any atom is -0.488 e. The van der Waals surface area contributed by atoms with E-state index < -0.39 is 0 Å². The second kappa shape index (κ2) is 3.57. The van der Waals surface area contributed by atoms with Crippen molar-refractivity contribution in [3.63, 3.8) is 0 Å². The van der Waals surface area contributed by atoms with Crippen LogP contribution < -0.4 is 10.5 Å². The summed E-state index contributed by atoms with van der Waals surface area (Å²) in [6.45, 7) is 1.29. The highest BCUT2D eigenvalue weighted by molar-refractivity contribution is 5.80. The maximum atomic E-state index is 5.59. The van der Waals surface area contributed by atoms with Crippen molar-refractivity contribution in [2.45, 2.75) is 6.10 Å². The van der Waals surface area contributed by atoms with Crippen LogP contribution in [0.1, 0.15) is 0 Å². The zero-order chi connectivity index (χ0) is 11.0. The molecule has 3 rings (SSSR count). The van der Waals surface area contributed by atoms with Crippen molar-refractivity contribution >= 4 is 17.0 Å². The van der Waals surface area contributed by atoms with Gasteiger partial charge in [0.05, 0.1) is 6.61 Å². The number of anilines is 1. The van der Waals surface area contributed by atoms with Crippen LogP contribution >= 0.6 is 0 Å². The minimum atomic E-state index is 0.145. The second-order valence-corrected chi connectivity index (χ2v) is 3.56. The van der Waals surface area contributed by atoms with Gasteiger partial charge in [0.1, 0.15) is 29.5 Å². The van der Waals surface area contributed by atoms with Crippen molar-refractivity contribution in [1.82, 2.24) is 15.2 Å². The van der Waals surface area contributed by atoms with Gasteiger partial charge in [0.2, 0.25) is 5.95 Å². The van der Waals surface area contributed by atoms with Gasteiger partial charge in [-0.25, -0.2) is 4.98 Å².